The molecule has 0 N–H and O–H groups in total. The summed E-state index contributed by atoms with van der Waals surface area (Å²) in [6.07, 6.45) is 6.34. The minimum absolute atomic E-state index is 0.0921. The average molecular weight is 332 g/mol. The third-order valence-electron chi connectivity index (χ3n) is 5.13. The second-order valence-electron chi connectivity index (χ2n) is 6.80. The van der Waals surface area contributed by atoms with Gasteiger partial charge in [0.1, 0.15) is 0 Å². The molecule has 132 valence electrons. The lowest BCUT2D eigenvalue weighted by molar-refractivity contribution is -0.127. The summed E-state index contributed by atoms with van der Waals surface area (Å²) in [5, 5.41) is 4.38. The summed E-state index contributed by atoms with van der Waals surface area (Å²) in [6.45, 7) is 9.36. The molecule has 3 rings (SSSR count). The van der Waals surface area contributed by atoms with Crippen LogP contribution in [0, 0.1) is 13.8 Å². The minimum Gasteiger partial charge on any atom is -0.377 e. The summed E-state index contributed by atoms with van der Waals surface area (Å²) in [4.78, 5) is 16.8. The van der Waals surface area contributed by atoms with Crippen molar-refractivity contribution in [2.45, 2.75) is 32.8 Å². The topological polar surface area (TPSA) is 50.6 Å². The molecule has 24 heavy (non-hydrogen) atoms. The van der Waals surface area contributed by atoms with Crippen molar-refractivity contribution in [2.24, 2.45) is 7.05 Å². The number of ether oxygens (including phenoxy) is 1. The Labute approximate surface area is 144 Å². The van der Waals surface area contributed by atoms with Gasteiger partial charge in [-0.3, -0.25) is 14.4 Å². The molecule has 0 saturated carbocycles. The number of aromatic nitrogens is 2. The molecule has 0 aliphatic carbocycles. The van der Waals surface area contributed by atoms with E-state index in [9.17, 15) is 4.79 Å². The number of carbonyl (C=O) groups excluding carboxylic acids is 1. The number of aryl methyl sites for hydroxylation is 2. The number of amides is 1. The number of nitrogens with zero attached hydrogens (tertiary/aromatic N) is 4. The van der Waals surface area contributed by atoms with Gasteiger partial charge in [0.05, 0.1) is 11.8 Å². The number of carbonyl (C=O) groups is 1. The Hall–Kier alpha value is -1.66. The zero-order chi connectivity index (χ0) is 17.1. The van der Waals surface area contributed by atoms with Crippen LogP contribution in [0.2, 0.25) is 0 Å². The average Bonchev–Trinajstić information content (AvgIpc) is 3.15. The first kappa shape index (κ1) is 17.2. The molecule has 2 aliphatic rings. The van der Waals surface area contributed by atoms with E-state index in [1.807, 2.05) is 36.6 Å². The Balaban J connectivity index is 1.50. The van der Waals surface area contributed by atoms with E-state index in [0.29, 0.717) is 6.10 Å². The van der Waals surface area contributed by atoms with Gasteiger partial charge in [0, 0.05) is 63.7 Å². The molecule has 0 radical (unpaired) electrons. The van der Waals surface area contributed by atoms with Crippen molar-refractivity contribution in [2.75, 3.05) is 39.3 Å². The van der Waals surface area contributed by atoms with E-state index < -0.39 is 0 Å². The molecular formula is C18H28N4O2. The molecule has 0 bridgehead atoms. The SMILES string of the molecule is Cc1nn(C)c(C)c1C=CC(=O)N1CCN(CC2CCCO2)CC1. The normalized spacial score (nSPS) is 22.6. The van der Waals surface area contributed by atoms with Gasteiger partial charge in [-0.05, 0) is 32.8 Å². The van der Waals surface area contributed by atoms with Crippen LogP contribution in [0.3, 0.4) is 0 Å². The van der Waals surface area contributed by atoms with Crippen molar-refractivity contribution in [3.05, 3.63) is 23.0 Å². The third kappa shape index (κ3) is 3.87. The highest BCUT2D eigenvalue weighted by Crippen LogP contribution is 2.16. The van der Waals surface area contributed by atoms with Gasteiger partial charge in [-0.25, -0.2) is 0 Å². The van der Waals surface area contributed by atoms with E-state index in [4.69, 9.17) is 4.74 Å². The van der Waals surface area contributed by atoms with Gasteiger partial charge in [-0.1, -0.05) is 0 Å². The van der Waals surface area contributed by atoms with Crippen LogP contribution < -0.4 is 0 Å². The number of hydrogen-bond acceptors (Lipinski definition) is 4. The van der Waals surface area contributed by atoms with Crippen molar-refractivity contribution in [1.82, 2.24) is 19.6 Å². The van der Waals surface area contributed by atoms with Crippen molar-refractivity contribution in [3.8, 4) is 0 Å². The van der Waals surface area contributed by atoms with Crippen molar-refractivity contribution >= 4 is 12.0 Å². The molecule has 3 heterocycles. The molecule has 1 aromatic rings. The highest BCUT2D eigenvalue weighted by Gasteiger charge is 2.24. The first-order valence-electron chi connectivity index (χ1n) is 8.85. The van der Waals surface area contributed by atoms with Gasteiger partial charge in [0.15, 0.2) is 0 Å². The van der Waals surface area contributed by atoms with Crippen LogP contribution in [0.4, 0.5) is 0 Å². The predicted molar refractivity (Wildman–Crippen MR) is 93.7 cm³/mol. The Bertz CT molecular complexity index is 609. The van der Waals surface area contributed by atoms with Gasteiger partial charge in [-0.15, -0.1) is 0 Å². The second-order valence-corrected chi connectivity index (χ2v) is 6.80. The Morgan fingerprint density at radius 3 is 2.62 bits per heavy atom. The first-order valence-corrected chi connectivity index (χ1v) is 8.85. The Morgan fingerprint density at radius 2 is 2.04 bits per heavy atom. The largest absolute Gasteiger partial charge is 0.377 e. The zero-order valence-corrected chi connectivity index (χ0v) is 15.0. The Kier molecular flexibility index (Phi) is 5.36. The molecule has 1 unspecified atom stereocenters. The summed E-state index contributed by atoms with van der Waals surface area (Å²) in [7, 11) is 1.93. The highest BCUT2D eigenvalue weighted by atomic mass is 16.5. The van der Waals surface area contributed by atoms with Gasteiger partial charge in [-0.2, -0.15) is 5.10 Å². The molecule has 2 aliphatic heterocycles. The van der Waals surface area contributed by atoms with E-state index in [1.54, 1.807) is 6.08 Å². The maximum absolute atomic E-state index is 12.4. The van der Waals surface area contributed by atoms with E-state index in [0.717, 1.165) is 56.3 Å². The third-order valence-corrected chi connectivity index (χ3v) is 5.13. The van der Waals surface area contributed by atoms with E-state index in [1.165, 1.54) is 12.8 Å². The van der Waals surface area contributed by atoms with Crippen LogP contribution >= 0.6 is 0 Å². The second kappa shape index (κ2) is 7.49. The summed E-state index contributed by atoms with van der Waals surface area (Å²) < 4.78 is 7.55. The molecule has 0 aromatic carbocycles. The maximum Gasteiger partial charge on any atom is 0.246 e. The van der Waals surface area contributed by atoms with E-state index in [-0.39, 0.29) is 5.91 Å². The molecular weight excluding hydrogens is 304 g/mol. The van der Waals surface area contributed by atoms with Gasteiger partial charge in [0.2, 0.25) is 5.91 Å². The lowest BCUT2D eigenvalue weighted by Gasteiger charge is -2.35. The summed E-state index contributed by atoms with van der Waals surface area (Å²) >= 11 is 0. The number of piperazine rings is 1. The molecule has 1 amide bonds. The van der Waals surface area contributed by atoms with Crippen LogP contribution in [0.25, 0.3) is 6.08 Å². The van der Waals surface area contributed by atoms with Gasteiger partial charge >= 0.3 is 0 Å². The monoisotopic (exact) mass is 332 g/mol. The van der Waals surface area contributed by atoms with E-state index >= 15 is 0 Å². The molecule has 1 atom stereocenters. The minimum atomic E-state index is 0.0921. The Morgan fingerprint density at radius 1 is 1.29 bits per heavy atom. The standard InChI is InChI=1S/C18H28N4O2/c1-14-17(15(2)20(3)19-14)6-7-18(23)22-10-8-21(9-11-22)13-16-5-4-12-24-16/h6-7,16H,4-5,8-13H2,1-3H3. The maximum atomic E-state index is 12.4. The number of rotatable bonds is 4. The smallest absolute Gasteiger partial charge is 0.246 e. The van der Waals surface area contributed by atoms with E-state index in [2.05, 4.69) is 10.00 Å². The van der Waals surface area contributed by atoms with Crippen LogP contribution in [-0.2, 0) is 16.6 Å². The predicted octanol–water partition coefficient (Wildman–Crippen LogP) is 1.37. The lowest BCUT2D eigenvalue weighted by Crippen LogP contribution is -2.50. The van der Waals surface area contributed by atoms with Crippen LogP contribution in [0.15, 0.2) is 6.08 Å². The molecule has 2 fully saturated rings. The van der Waals surface area contributed by atoms with Gasteiger partial charge < -0.3 is 9.64 Å². The van der Waals surface area contributed by atoms with Crippen LogP contribution in [0.5, 0.6) is 0 Å². The summed E-state index contributed by atoms with van der Waals surface area (Å²) in [6, 6.07) is 0. The van der Waals surface area contributed by atoms with Gasteiger partial charge in [0.25, 0.3) is 0 Å². The summed E-state index contributed by atoms with van der Waals surface area (Å²) in [5.41, 5.74) is 3.08. The highest BCUT2D eigenvalue weighted by molar-refractivity contribution is 5.92. The summed E-state index contributed by atoms with van der Waals surface area (Å²) in [5.74, 6) is 0.0921. The molecule has 6 nitrogen and oxygen atoms in total. The van der Waals surface area contributed by atoms with Crippen LogP contribution in [0.1, 0.15) is 29.8 Å². The quantitative estimate of drug-likeness (QED) is 0.782. The van der Waals surface area contributed by atoms with Crippen molar-refractivity contribution in [3.63, 3.8) is 0 Å². The fourth-order valence-electron chi connectivity index (χ4n) is 3.52. The number of hydrogen-bond donors (Lipinski definition) is 0. The first-order chi connectivity index (χ1) is 11.5. The zero-order valence-electron chi connectivity index (χ0n) is 15.0. The molecule has 2 saturated heterocycles. The lowest BCUT2D eigenvalue weighted by atomic mass is 10.1. The van der Waals surface area contributed by atoms with Crippen molar-refractivity contribution in [1.29, 1.82) is 0 Å². The molecule has 1 aromatic heterocycles. The fourth-order valence-corrected chi connectivity index (χ4v) is 3.52. The van der Waals surface area contributed by atoms with Crippen molar-refractivity contribution < 1.29 is 9.53 Å². The fraction of sp³-hybridized carbons (Fsp3) is 0.667. The molecule has 0 spiro atoms. The van der Waals surface area contributed by atoms with Crippen LogP contribution in [-0.4, -0.2) is 70.9 Å². The molecule has 6 heteroatoms.